The fourth-order valence-electron chi connectivity index (χ4n) is 5.95. The topological polar surface area (TPSA) is 125 Å². The second-order valence-electron chi connectivity index (χ2n) is 11.2. The van der Waals surface area contributed by atoms with E-state index in [2.05, 4.69) is 98.6 Å². The highest BCUT2D eigenvalue weighted by atomic mass is 32.3. The third kappa shape index (κ3) is 7.41. The Bertz CT molecular complexity index is 1320. The number of nitrogens with two attached hydrogens (primary N) is 1. The Morgan fingerprint density at radius 1 is 0.950 bits per heavy atom. The van der Waals surface area contributed by atoms with Gasteiger partial charge in [-0.05, 0) is 81.4 Å². The zero-order valence-electron chi connectivity index (χ0n) is 23.7. The van der Waals surface area contributed by atoms with Gasteiger partial charge in [-0.1, -0.05) is 60.7 Å². The van der Waals surface area contributed by atoms with E-state index in [9.17, 15) is 0 Å². The van der Waals surface area contributed by atoms with E-state index >= 15 is 0 Å². The molecule has 8 nitrogen and oxygen atoms in total. The molecular weight excluding hydrogens is 526 g/mol. The average molecular weight is 568 g/mol. The molecule has 1 fully saturated rings. The smallest absolute Gasteiger partial charge is 0.394 e. The predicted molar refractivity (Wildman–Crippen MR) is 159 cm³/mol. The minimum Gasteiger partial charge on any atom is -0.485 e. The number of anilines is 1. The molecule has 0 radical (unpaired) electrons. The molecule has 0 spiro atoms. The molecule has 0 aromatic heterocycles. The normalized spacial score (nSPS) is 19.6. The molecule has 0 saturated carbocycles. The van der Waals surface area contributed by atoms with Crippen LogP contribution in [-0.2, 0) is 16.8 Å². The van der Waals surface area contributed by atoms with E-state index in [1.54, 1.807) is 0 Å². The molecule has 40 heavy (non-hydrogen) atoms. The van der Waals surface area contributed by atoms with Gasteiger partial charge in [0.25, 0.3) is 0 Å². The Balaban J connectivity index is 0.000000681. The third-order valence-corrected chi connectivity index (χ3v) is 8.15. The van der Waals surface area contributed by atoms with Crippen LogP contribution in [0.3, 0.4) is 0 Å². The summed E-state index contributed by atoms with van der Waals surface area (Å²) in [4.78, 5) is 2.59. The molecule has 1 atom stereocenters. The Kier molecular flexibility index (Phi) is 9.22. The first-order chi connectivity index (χ1) is 18.8. The van der Waals surface area contributed by atoms with Crippen LogP contribution >= 0.6 is 0 Å². The summed E-state index contributed by atoms with van der Waals surface area (Å²) in [5.41, 5.74) is 14.6. The minimum atomic E-state index is -4.67. The lowest BCUT2D eigenvalue weighted by atomic mass is 9.91. The van der Waals surface area contributed by atoms with Crippen LogP contribution in [0.15, 0.2) is 60.7 Å². The summed E-state index contributed by atoms with van der Waals surface area (Å²) in [6, 6.07) is 22.4. The van der Waals surface area contributed by atoms with Gasteiger partial charge in [-0.2, -0.15) is 8.42 Å². The number of nitrogens with one attached hydrogen (secondary N) is 1. The van der Waals surface area contributed by atoms with Crippen molar-refractivity contribution in [3.8, 4) is 5.75 Å². The first-order valence-electron chi connectivity index (χ1n) is 13.7. The van der Waals surface area contributed by atoms with Gasteiger partial charge in [0.15, 0.2) is 0 Å². The summed E-state index contributed by atoms with van der Waals surface area (Å²) in [5.74, 6) is 1.07. The van der Waals surface area contributed by atoms with Gasteiger partial charge < -0.3 is 15.8 Å². The summed E-state index contributed by atoms with van der Waals surface area (Å²) in [7, 11) is -4.67. The van der Waals surface area contributed by atoms with E-state index in [1.807, 2.05) is 0 Å². The molecule has 2 aliphatic heterocycles. The maximum Gasteiger partial charge on any atom is 0.394 e. The van der Waals surface area contributed by atoms with Crippen LogP contribution in [0.5, 0.6) is 5.75 Å². The van der Waals surface area contributed by atoms with Crippen molar-refractivity contribution in [2.45, 2.75) is 64.6 Å². The van der Waals surface area contributed by atoms with Crippen molar-refractivity contribution in [2.24, 2.45) is 0 Å². The number of likely N-dealkylation sites (tertiary alicyclic amines) is 1. The average Bonchev–Trinajstić information content (AvgIpc) is 3.27. The molecule has 9 heteroatoms. The number of hydrogen-bond donors (Lipinski definition) is 4. The molecule has 216 valence electrons. The lowest BCUT2D eigenvalue weighted by Crippen LogP contribution is -2.50. The zero-order valence-corrected chi connectivity index (χ0v) is 24.5. The minimum absolute atomic E-state index is 0.199. The second-order valence-corrected chi connectivity index (χ2v) is 12.1. The van der Waals surface area contributed by atoms with Crippen molar-refractivity contribution in [2.75, 3.05) is 25.4 Å². The Labute approximate surface area is 238 Å². The van der Waals surface area contributed by atoms with Gasteiger partial charge in [-0.25, -0.2) is 0 Å². The van der Waals surface area contributed by atoms with Crippen LogP contribution in [0.1, 0.15) is 59.2 Å². The summed E-state index contributed by atoms with van der Waals surface area (Å²) in [6.45, 7) is 11.8. The van der Waals surface area contributed by atoms with Crippen LogP contribution in [0.25, 0.3) is 0 Å². The van der Waals surface area contributed by atoms with Gasteiger partial charge in [-0.3, -0.25) is 14.0 Å². The first-order valence-corrected chi connectivity index (χ1v) is 15.1. The number of fused-ring (bicyclic) bond motifs is 1. The van der Waals surface area contributed by atoms with Crippen LogP contribution in [0.4, 0.5) is 5.69 Å². The Morgan fingerprint density at radius 3 is 1.95 bits per heavy atom. The van der Waals surface area contributed by atoms with Gasteiger partial charge in [-0.15, -0.1) is 0 Å². The monoisotopic (exact) mass is 567 g/mol. The van der Waals surface area contributed by atoms with Crippen molar-refractivity contribution in [3.05, 3.63) is 94.0 Å². The Morgan fingerprint density at radius 2 is 1.45 bits per heavy atom. The number of piperidine rings is 1. The largest absolute Gasteiger partial charge is 0.485 e. The predicted octanol–water partition coefficient (Wildman–Crippen LogP) is 5.08. The molecule has 3 aromatic carbocycles. The maximum atomic E-state index is 8.74. The highest BCUT2D eigenvalue weighted by Gasteiger charge is 2.40. The molecule has 2 aliphatic rings. The molecule has 0 unspecified atom stereocenters. The van der Waals surface area contributed by atoms with Gasteiger partial charge >= 0.3 is 10.4 Å². The number of nitrogens with zero attached hydrogens (tertiary/aromatic N) is 1. The summed E-state index contributed by atoms with van der Waals surface area (Å²) in [5, 5.41) is 3.98. The van der Waals surface area contributed by atoms with E-state index < -0.39 is 10.4 Å². The number of rotatable bonds is 6. The van der Waals surface area contributed by atoms with Crippen LogP contribution in [0, 0.1) is 20.8 Å². The van der Waals surface area contributed by atoms with Gasteiger partial charge in [0.1, 0.15) is 11.4 Å². The molecule has 5 N–H and O–H groups in total. The maximum absolute atomic E-state index is 8.74. The molecule has 0 amide bonds. The number of hydrogen-bond acceptors (Lipinski definition) is 6. The van der Waals surface area contributed by atoms with Gasteiger partial charge in [0.2, 0.25) is 0 Å². The summed E-state index contributed by atoms with van der Waals surface area (Å²) < 4.78 is 38.2. The van der Waals surface area contributed by atoms with E-state index in [0.29, 0.717) is 6.04 Å². The SMILES string of the molecule is Cc1c(C)c2c(c(C)c1N)C[C@@](C)(CN1CCC(NC(c3ccccc3)c3ccccc3)CC1)O2.O=S(=O)(O)O. The molecule has 0 aliphatic carbocycles. The quantitative estimate of drug-likeness (QED) is 0.240. The van der Waals surface area contributed by atoms with Crippen LogP contribution in [-0.4, -0.2) is 53.7 Å². The molecule has 1 saturated heterocycles. The van der Waals surface area contributed by atoms with Crippen LogP contribution < -0.4 is 15.8 Å². The Hall–Kier alpha value is -2.95. The summed E-state index contributed by atoms with van der Waals surface area (Å²) >= 11 is 0. The van der Waals surface area contributed by atoms with Crippen molar-refractivity contribution < 1.29 is 22.3 Å². The van der Waals surface area contributed by atoms with Crippen molar-refractivity contribution in [1.82, 2.24) is 10.2 Å². The van der Waals surface area contributed by atoms with Crippen LogP contribution in [0.2, 0.25) is 0 Å². The van der Waals surface area contributed by atoms with Crippen molar-refractivity contribution in [1.29, 1.82) is 0 Å². The van der Waals surface area contributed by atoms with E-state index in [4.69, 9.17) is 28.0 Å². The van der Waals surface area contributed by atoms with E-state index in [-0.39, 0.29) is 11.6 Å². The van der Waals surface area contributed by atoms with Gasteiger partial charge in [0, 0.05) is 30.3 Å². The molecular formula is C31H41N3O5S. The lowest BCUT2D eigenvalue weighted by molar-refractivity contribution is 0.0501. The fraction of sp³-hybridized carbons (Fsp3) is 0.419. The van der Waals surface area contributed by atoms with E-state index in [0.717, 1.165) is 55.9 Å². The van der Waals surface area contributed by atoms with Gasteiger partial charge in [0.05, 0.1) is 6.04 Å². The van der Waals surface area contributed by atoms with E-state index in [1.165, 1.54) is 27.8 Å². The summed E-state index contributed by atoms with van der Waals surface area (Å²) in [6.07, 6.45) is 3.22. The molecule has 2 heterocycles. The number of nitrogen functional groups attached to an aromatic ring is 1. The fourth-order valence-corrected chi connectivity index (χ4v) is 5.95. The van der Waals surface area contributed by atoms with Crippen molar-refractivity contribution in [3.63, 3.8) is 0 Å². The number of benzene rings is 3. The molecule has 0 bridgehead atoms. The zero-order chi connectivity index (χ0) is 29.1. The lowest BCUT2D eigenvalue weighted by Gasteiger charge is -2.38. The first kappa shape index (κ1) is 30.0. The third-order valence-electron chi connectivity index (χ3n) is 8.15. The van der Waals surface area contributed by atoms with Crippen molar-refractivity contribution >= 4 is 16.1 Å². The second kappa shape index (κ2) is 12.3. The molecule has 3 aromatic rings. The highest BCUT2D eigenvalue weighted by Crippen LogP contribution is 2.44. The molecule has 5 rings (SSSR count). The highest BCUT2D eigenvalue weighted by molar-refractivity contribution is 7.79. The number of ether oxygens (including phenoxy) is 1. The standard InChI is InChI=1S/C31H39N3O.H2O4S/c1-21-22(2)30-27(23(3)28(21)32)19-31(4,35-30)20-34-17-15-26(16-18-34)33-29(24-11-7-5-8-12-24)25-13-9-6-10-14-25;1-5(2,3)4/h5-14,26,29,33H,15-20,32H2,1-4H3;(H2,1,2,3,4)/t31-;/m0./s1.